The first-order chi connectivity index (χ1) is 1.73. The molecule has 0 saturated heterocycles. The molecule has 0 bridgehead atoms. The van der Waals surface area contributed by atoms with Gasteiger partial charge in [-0.3, -0.25) is 0 Å². The first-order valence-electron chi connectivity index (χ1n) is 0.651. The number of carboxylic acid groups (broad SMARTS) is 2. The minimum Gasteiger partial charge on any atom is -0.450 e. The molecule has 0 saturated carbocycles. The molecule has 43 valence electrons. The van der Waals surface area contributed by atoms with Gasteiger partial charge in [-0.25, -0.2) is 4.79 Å². The first kappa shape index (κ1) is 25.8. The first-order valence-corrected chi connectivity index (χ1v) is 0.651. The summed E-state index contributed by atoms with van der Waals surface area (Å²) in [5, 5.41) is 13.9. The van der Waals surface area contributed by atoms with Crippen LogP contribution in [0, 0.1) is 0 Å². The molecule has 0 atom stereocenters. The van der Waals surface area contributed by atoms with Gasteiger partial charge in [-0.05, 0) is 0 Å². The minimum absolute atomic E-state index is 0. The van der Waals surface area contributed by atoms with E-state index in [0.29, 0.717) is 0 Å². The van der Waals surface area contributed by atoms with Crippen LogP contribution in [0.3, 0.4) is 0 Å². The smallest absolute Gasteiger partial charge is 0.450 e. The molecule has 0 aliphatic carbocycles. The van der Waals surface area contributed by atoms with Crippen molar-refractivity contribution in [3.63, 3.8) is 0 Å². The molecule has 0 aromatic carbocycles. The molecule has 0 rings (SSSR count). The van der Waals surface area contributed by atoms with Crippen molar-refractivity contribution in [2.45, 2.75) is 0 Å². The van der Waals surface area contributed by atoms with Crippen molar-refractivity contribution >= 4 is 29.2 Å². The van der Waals surface area contributed by atoms with Crippen LogP contribution in [0.15, 0.2) is 0 Å². The summed E-state index contributed by atoms with van der Waals surface area (Å²) in [7, 11) is 0. The Kier molecular flexibility index (Phi) is 59.1. The Morgan fingerprint density at radius 1 is 1.29 bits per heavy atom. The second-order valence-corrected chi connectivity index (χ2v) is 0.283. The minimum atomic E-state index is -1.83. The number of rotatable bonds is 0. The normalized spacial score (nSPS) is 3.43. The average molecular weight is 161 g/mol. The summed E-state index contributed by atoms with van der Waals surface area (Å²) in [6, 6.07) is 0. The monoisotopic (exact) mass is 161 g/mol. The zero-order valence-electron chi connectivity index (χ0n) is 2.68. The molecule has 6 heteroatoms. The maximum absolute atomic E-state index is 8.56. The number of hydrogen-bond acceptors (Lipinski definition) is 1. The molecule has 0 aliphatic heterocycles. The summed E-state index contributed by atoms with van der Waals surface area (Å²) in [4.78, 5) is 8.56. The quantitative estimate of drug-likeness (QED) is 0.423. The number of carbonyl (C=O) groups is 1. The summed E-state index contributed by atoms with van der Waals surface area (Å²) in [5.41, 5.74) is 0. The van der Waals surface area contributed by atoms with E-state index in [9.17, 15) is 0 Å². The summed E-state index contributed by atoms with van der Waals surface area (Å²) >= 11 is 0. The Morgan fingerprint density at radius 2 is 1.29 bits per heavy atom. The molecule has 0 amide bonds. The van der Waals surface area contributed by atoms with Crippen molar-refractivity contribution in [1.29, 1.82) is 0 Å². The molecular formula is CH6MgMnO4. The van der Waals surface area contributed by atoms with E-state index in [1.165, 1.54) is 0 Å². The fraction of sp³-hybridized carbons (Fsp3) is 0. The molecule has 0 fully saturated rings. The van der Waals surface area contributed by atoms with E-state index in [1.54, 1.807) is 0 Å². The van der Waals surface area contributed by atoms with Crippen LogP contribution in [0.5, 0.6) is 0 Å². The molecule has 0 heterocycles. The second kappa shape index (κ2) is 16.0. The van der Waals surface area contributed by atoms with E-state index in [0.717, 1.165) is 0 Å². The Labute approximate surface area is 66.8 Å². The predicted octanol–water partition coefficient (Wildman–Crippen LogP) is -1.52. The summed E-state index contributed by atoms with van der Waals surface area (Å²) in [6.45, 7) is 0. The van der Waals surface area contributed by atoms with Crippen LogP contribution in [-0.4, -0.2) is 44.9 Å². The van der Waals surface area contributed by atoms with Crippen LogP contribution in [-0.2, 0) is 17.1 Å². The van der Waals surface area contributed by atoms with Gasteiger partial charge in [0.25, 0.3) is 0 Å². The third-order valence-electron chi connectivity index (χ3n) is 0. The largest absolute Gasteiger partial charge is 0.503 e. The molecule has 0 aromatic heterocycles. The van der Waals surface area contributed by atoms with E-state index >= 15 is 0 Å². The molecule has 0 spiro atoms. The fourth-order valence-corrected chi connectivity index (χ4v) is 0. The van der Waals surface area contributed by atoms with E-state index < -0.39 is 6.16 Å². The third-order valence-corrected chi connectivity index (χ3v) is 0. The number of hydrogen-bond donors (Lipinski definition) is 2. The molecule has 0 aliphatic rings. The Balaban J connectivity index is -0.0000000150. The average Bonchev–Trinajstić information content (AvgIpc) is 0.811. The second-order valence-electron chi connectivity index (χ2n) is 0.283. The van der Waals surface area contributed by atoms with Gasteiger partial charge < -0.3 is 15.7 Å². The van der Waals surface area contributed by atoms with Crippen LogP contribution in [0.2, 0.25) is 0 Å². The topological polar surface area (TPSA) is 89.0 Å². The van der Waals surface area contributed by atoms with Crippen LogP contribution < -0.4 is 0 Å². The van der Waals surface area contributed by atoms with E-state index in [-0.39, 0.29) is 45.6 Å². The van der Waals surface area contributed by atoms with Crippen LogP contribution in [0.1, 0.15) is 0 Å². The van der Waals surface area contributed by atoms with Gasteiger partial charge in [-0.2, -0.15) is 0 Å². The van der Waals surface area contributed by atoms with Gasteiger partial charge in [0.2, 0.25) is 0 Å². The maximum Gasteiger partial charge on any atom is 0.503 e. The van der Waals surface area contributed by atoms with E-state index in [2.05, 4.69) is 0 Å². The maximum atomic E-state index is 8.56. The van der Waals surface area contributed by atoms with E-state index in [1.807, 2.05) is 0 Å². The van der Waals surface area contributed by atoms with Crippen LogP contribution >= 0.6 is 0 Å². The van der Waals surface area contributed by atoms with Crippen molar-refractivity contribution in [1.82, 2.24) is 0 Å². The van der Waals surface area contributed by atoms with Crippen molar-refractivity contribution < 1.29 is 37.6 Å². The van der Waals surface area contributed by atoms with Crippen molar-refractivity contribution in [2.75, 3.05) is 0 Å². The van der Waals surface area contributed by atoms with Gasteiger partial charge >= 0.3 is 29.2 Å². The van der Waals surface area contributed by atoms with Crippen molar-refractivity contribution in [3.8, 4) is 0 Å². The van der Waals surface area contributed by atoms with Gasteiger partial charge in [0.05, 0.1) is 0 Å². The van der Waals surface area contributed by atoms with Gasteiger partial charge in [-0.15, -0.1) is 0 Å². The summed E-state index contributed by atoms with van der Waals surface area (Å²) < 4.78 is 0. The van der Waals surface area contributed by atoms with E-state index in [4.69, 9.17) is 15.0 Å². The zero-order valence-corrected chi connectivity index (χ0v) is 3.86. The standard InChI is InChI=1S/CH2O3.Mg.Mn.H2O.2H/c2-1(3)4;;;;;/h(H2,2,3,4);;;1H2;;. The van der Waals surface area contributed by atoms with Gasteiger partial charge in [0.15, 0.2) is 0 Å². The van der Waals surface area contributed by atoms with Crippen LogP contribution in [0.25, 0.3) is 0 Å². The Hall–Kier alpha value is 0.516. The molecule has 0 unspecified atom stereocenters. The van der Waals surface area contributed by atoms with Gasteiger partial charge in [0, 0.05) is 17.1 Å². The summed E-state index contributed by atoms with van der Waals surface area (Å²) in [6.07, 6.45) is -1.83. The third kappa shape index (κ3) is 500. The molecule has 4 N–H and O–H groups in total. The van der Waals surface area contributed by atoms with Crippen molar-refractivity contribution in [3.05, 3.63) is 0 Å². The fourth-order valence-electron chi connectivity index (χ4n) is 0. The molecule has 7 heavy (non-hydrogen) atoms. The molecule has 0 aromatic rings. The van der Waals surface area contributed by atoms with Crippen molar-refractivity contribution in [2.24, 2.45) is 0 Å². The zero-order chi connectivity index (χ0) is 3.58. The summed E-state index contributed by atoms with van der Waals surface area (Å²) in [5.74, 6) is 0. The molecule has 1 radical (unpaired) electrons. The molecule has 4 nitrogen and oxygen atoms in total. The van der Waals surface area contributed by atoms with Gasteiger partial charge in [-0.1, -0.05) is 0 Å². The van der Waals surface area contributed by atoms with Gasteiger partial charge in [0.1, 0.15) is 0 Å². The predicted molar refractivity (Wildman–Crippen MR) is 22.8 cm³/mol. The SMILES string of the molecule is O.O=C(O)O.[MgH2].[Mn]. The Morgan fingerprint density at radius 3 is 1.29 bits per heavy atom. The molecular weight excluding hydrogens is 155 g/mol. The Bertz CT molecular complexity index is 34.7. The van der Waals surface area contributed by atoms with Crippen LogP contribution in [0.4, 0.5) is 4.79 Å².